The number of ether oxygens (including phenoxy) is 1. The van der Waals surface area contributed by atoms with E-state index in [1.165, 1.54) is 24.9 Å². The Balaban J connectivity index is 1.30. The van der Waals surface area contributed by atoms with Crippen LogP contribution in [-0.2, 0) is 16.1 Å². The number of nitrogens with zero attached hydrogens (tertiary/aromatic N) is 2. The van der Waals surface area contributed by atoms with Crippen molar-refractivity contribution in [2.75, 3.05) is 33.2 Å². The van der Waals surface area contributed by atoms with Gasteiger partial charge in [-0.3, -0.25) is 4.79 Å². The molecule has 2 saturated heterocycles. The van der Waals surface area contributed by atoms with Crippen LogP contribution in [0.4, 0.5) is 0 Å². The highest BCUT2D eigenvalue weighted by Crippen LogP contribution is 2.22. The zero-order chi connectivity index (χ0) is 16.1. The monoisotopic (exact) mass is 316 g/mol. The number of hydrogen-bond donors (Lipinski definition) is 0. The first kappa shape index (κ1) is 16.5. The number of likely N-dealkylation sites (tertiary alicyclic amines) is 2. The van der Waals surface area contributed by atoms with Crippen molar-refractivity contribution in [3.8, 4) is 0 Å². The molecule has 2 aliphatic rings. The largest absolute Gasteiger partial charge is 0.370 e. The van der Waals surface area contributed by atoms with Crippen LogP contribution in [0.3, 0.4) is 0 Å². The molecule has 1 aromatic carbocycles. The van der Waals surface area contributed by atoms with Crippen LogP contribution in [0.2, 0.25) is 0 Å². The Kier molecular flexibility index (Phi) is 5.68. The first-order chi connectivity index (χ1) is 11.2. The molecular weight excluding hydrogens is 288 g/mol. The Hall–Kier alpha value is -1.39. The van der Waals surface area contributed by atoms with Gasteiger partial charge in [-0.1, -0.05) is 30.3 Å². The third-order valence-corrected chi connectivity index (χ3v) is 5.02. The summed E-state index contributed by atoms with van der Waals surface area (Å²) in [6, 6.07) is 10.2. The third kappa shape index (κ3) is 4.79. The average molecular weight is 316 g/mol. The van der Waals surface area contributed by atoms with Crippen molar-refractivity contribution in [2.45, 2.75) is 38.4 Å². The summed E-state index contributed by atoms with van der Waals surface area (Å²) in [5, 5.41) is 0. The normalized spacial score (nSPS) is 22.8. The van der Waals surface area contributed by atoms with Crippen LogP contribution >= 0.6 is 0 Å². The molecule has 0 aliphatic carbocycles. The first-order valence-electron chi connectivity index (χ1n) is 8.82. The van der Waals surface area contributed by atoms with Gasteiger partial charge >= 0.3 is 0 Å². The molecule has 3 rings (SSSR count). The molecule has 1 aromatic rings. The van der Waals surface area contributed by atoms with Crippen molar-refractivity contribution >= 4 is 5.91 Å². The van der Waals surface area contributed by atoms with Crippen molar-refractivity contribution < 1.29 is 9.53 Å². The van der Waals surface area contributed by atoms with Crippen LogP contribution in [0.25, 0.3) is 0 Å². The summed E-state index contributed by atoms with van der Waals surface area (Å²) in [6.45, 7) is 4.52. The minimum Gasteiger partial charge on any atom is -0.370 e. The molecular formula is C19H28N2O2. The summed E-state index contributed by atoms with van der Waals surface area (Å²) in [4.78, 5) is 16.6. The predicted molar refractivity (Wildman–Crippen MR) is 91.1 cm³/mol. The molecule has 2 heterocycles. The van der Waals surface area contributed by atoms with Gasteiger partial charge in [0, 0.05) is 26.1 Å². The van der Waals surface area contributed by atoms with Gasteiger partial charge in [0.15, 0.2) is 0 Å². The number of carbonyl (C=O) groups is 1. The molecule has 1 atom stereocenters. The number of benzene rings is 1. The maximum Gasteiger partial charge on any atom is 0.222 e. The van der Waals surface area contributed by atoms with Gasteiger partial charge in [-0.2, -0.15) is 0 Å². The van der Waals surface area contributed by atoms with Crippen LogP contribution < -0.4 is 0 Å². The summed E-state index contributed by atoms with van der Waals surface area (Å²) >= 11 is 0. The summed E-state index contributed by atoms with van der Waals surface area (Å²) in [5.74, 6) is 1.00. The zero-order valence-electron chi connectivity index (χ0n) is 14.1. The molecule has 4 nitrogen and oxygen atoms in total. The maximum absolute atomic E-state index is 12.2. The summed E-state index contributed by atoms with van der Waals surface area (Å²) in [6.07, 6.45) is 4.49. The van der Waals surface area contributed by atoms with Gasteiger partial charge < -0.3 is 14.5 Å². The molecule has 23 heavy (non-hydrogen) atoms. The average Bonchev–Trinajstić information content (AvgIpc) is 2.52. The highest BCUT2D eigenvalue weighted by atomic mass is 16.5. The van der Waals surface area contributed by atoms with Crippen molar-refractivity contribution in [3.05, 3.63) is 35.9 Å². The fourth-order valence-electron chi connectivity index (χ4n) is 3.53. The van der Waals surface area contributed by atoms with E-state index in [2.05, 4.69) is 24.1 Å². The van der Waals surface area contributed by atoms with Gasteiger partial charge in [0.05, 0.1) is 12.7 Å². The Morgan fingerprint density at radius 1 is 1.22 bits per heavy atom. The maximum atomic E-state index is 12.2. The summed E-state index contributed by atoms with van der Waals surface area (Å²) in [5.41, 5.74) is 1.19. The third-order valence-electron chi connectivity index (χ3n) is 5.02. The molecule has 0 bridgehead atoms. The van der Waals surface area contributed by atoms with Gasteiger partial charge in [0.25, 0.3) is 0 Å². The molecule has 0 radical (unpaired) electrons. The summed E-state index contributed by atoms with van der Waals surface area (Å²) in [7, 11) is 2.18. The lowest BCUT2D eigenvalue weighted by molar-refractivity contribution is -0.146. The van der Waals surface area contributed by atoms with Gasteiger partial charge in [-0.05, 0) is 44.3 Å². The second-order valence-electron chi connectivity index (χ2n) is 7.03. The Morgan fingerprint density at radius 3 is 2.74 bits per heavy atom. The Labute approximate surface area is 139 Å². The molecule has 0 N–H and O–H groups in total. The van der Waals surface area contributed by atoms with Crippen molar-refractivity contribution in [2.24, 2.45) is 5.92 Å². The lowest BCUT2D eigenvalue weighted by Gasteiger charge is -2.39. The molecule has 0 aromatic heterocycles. The second-order valence-corrected chi connectivity index (χ2v) is 7.03. The fraction of sp³-hybridized carbons (Fsp3) is 0.632. The van der Waals surface area contributed by atoms with Gasteiger partial charge in [0.1, 0.15) is 0 Å². The SMILES string of the molecule is CN1CCC[C@H](CCC(=O)N2CC(OCc3ccccc3)C2)C1. The molecule has 0 unspecified atom stereocenters. The van der Waals surface area contributed by atoms with Crippen LogP contribution in [0, 0.1) is 5.92 Å². The number of carbonyl (C=O) groups excluding carboxylic acids is 1. The van der Waals surface area contributed by atoms with Crippen molar-refractivity contribution in [3.63, 3.8) is 0 Å². The summed E-state index contributed by atoms with van der Waals surface area (Å²) < 4.78 is 5.85. The first-order valence-corrected chi connectivity index (χ1v) is 8.82. The van der Waals surface area contributed by atoms with E-state index in [0.29, 0.717) is 24.9 Å². The van der Waals surface area contributed by atoms with Crippen molar-refractivity contribution in [1.29, 1.82) is 0 Å². The van der Waals surface area contributed by atoms with Crippen LogP contribution in [0.1, 0.15) is 31.2 Å². The predicted octanol–water partition coefficient (Wildman–Crippen LogP) is 2.54. The van der Waals surface area contributed by atoms with Crippen LogP contribution in [0.5, 0.6) is 0 Å². The van der Waals surface area contributed by atoms with Crippen molar-refractivity contribution in [1.82, 2.24) is 9.80 Å². The smallest absolute Gasteiger partial charge is 0.222 e. The van der Waals surface area contributed by atoms with E-state index in [1.807, 2.05) is 23.1 Å². The van der Waals surface area contributed by atoms with Gasteiger partial charge in [-0.15, -0.1) is 0 Å². The molecule has 126 valence electrons. The minimum atomic E-state index is 0.208. The number of piperidine rings is 1. The quantitative estimate of drug-likeness (QED) is 0.808. The zero-order valence-corrected chi connectivity index (χ0v) is 14.1. The number of rotatable bonds is 6. The Bertz CT molecular complexity index is 499. The van der Waals surface area contributed by atoms with Gasteiger partial charge in [-0.25, -0.2) is 0 Å². The van der Waals surface area contributed by atoms with E-state index in [9.17, 15) is 4.79 Å². The molecule has 4 heteroatoms. The van der Waals surface area contributed by atoms with Crippen LogP contribution in [-0.4, -0.2) is 55.0 Å². The molecule has 0 spiro atoms. The van der Waals surface area contributed by atoms with E-state index >= 15 is 0 Å². The molecule has 2 fully saturated rings. The second kappa shape index (κ2) is 7.93. The fourth-order valence-corrected chi connectivity index (χ4v) is 3.53. The van der Waals surface area contributed by atoms with E-state index in [0.717, 1.165) is 26.1 Å². The standard InChI is InChI=1S/C19H28N2O2/c1-20-11-5-8-16(12-20)9-10-19(22)21-13-18(14-21)23-15-17-6-3-2-4-7-17/h2-4,6-7,16,18H,5,8-15H2,1H3/t16-/m1/s1. The topological polar surface area (TPSA) is 32.8 Å². The molecule has 2 aliphatic heterocycles. The molecule has 0 saturated carbocycles. The lowest BCUT2D eigenvalue weighted by Crippen LogP contribution is -2.54. The van der Waals surface area contributed by atoms with E-state index in [-0.39, 0.29) is 6.10 Å². The number of amides is 1. The van der Waals surface area contributed by atoms with E-state index in [1.54, 1.807) is 0 Å². The highest BCUT2D eigenvalue weighted by molar-refractivity contribution is 5.77. The van der Waals surface area contributed by atoms with Crippen LogP contribution in [0.15, 0.2) is 30.3 Å². The highest BCUT2D eigenvalue weighted by Gasteiger charge is 2.31. The lowest BCUT2D eigenvalue weighted by atomic mass is 9.93. The van der Waals surface area contributed by atoms with Gasteiger partial charge in [0.2, 0.25) is 5.91 Å². The Morgan fingerprint density at radius 2 is 2.00 bits per heavy atom. The molecule has 1 amide bonds. The van der Waals surface area contributed by atoms with E-state index < -0.39 is 0 Å². The van der Waals surface area contributed by atoms with E-state index in [4.69, 9.17) is 4.74 Å². The minimum absolute atomic E-state index is 0.208. The number of hydrogen-bond acceptors (Lipinski definition) is 3.